The first-order valence-corrected chi connectivity index (χ1v) is 0. The van der Waals surface area contributed by atoms with Crippen LogP contribution >= 0.6 is 0 Å². The molecule has 0 heterocycles. The van der Waals surface area contributed by atoms with E-state index >= 15 is 0 Å². The van der Waals surface area contributed by atoms with Crippen molar-refractivity contribution in [1.29, 1.82) is 0 Å². The van der Waals surface area contributed by atoms with Crippen LogP contribution in [0.3, 0.4) is 0 Å². The summed E-state index contributed by atoms with van der Waals surface area (Å²) in [5.41, 5.74) is 0. The van der Waals surface area contributed by atoms with Crippen molar-refractivity contribution < 1.29 is 28.2 Å². The van der Waals surface area contributed by atoms with E-state index in [2.05, 4.69) is 0 Å². The quantitative estimate of drug-likeness (QED) is 0.394. The van der Waals surface area contributed by atoms with Gasteiger partial charge < -0.3 is 0 Å². The molecule has 0 rings (SSSR count). The SMILES string of the molecule is F.F.F.F.F.F.[Se]. The third-order valence-electron chi connectivity index (χ3n) is 0. The van der Waals surface area contributed by atoms with Crippen molar-refractivity contribution in [3.8, 4) is 0 Å². The average molecular weight is 199 g/mol. The van der Waals surface area contributed by atoms with E-state index in [0.717, 1.165) is 0 Å². The molecule has 0 amide bonds. The van der Waals surface area contributed by atoms with Crippen molar-refractivity contribution in [3.63, 3.8) is 0 Å². The molecular formula is H6F6Se. The zero-order chi connectivity index (χ0) is 0. The number of hydrogen-bond donors (Lipinski definition) is 0. The van der Waals surface area contributed by atoms with Crippen LogP contribution in [0.1, 0.15) is 0 Å². The molecule has 0 atom stereocenters. The summed E-state index contributed by atoms with van der Waals surface area (Å²) in [6.07, 6.45) is 0. The minimum Gasteiger partial charge on any atom is -0.269 e. The Hall–Kier alpha value is 0.0995. The Bertz CT molecular complexity index is 4.14. The van der Waals surface area contributed by atoms with E-state index in [1.54, 1.807) is 0 Å². The van der Waals surface area contributed by atoms with Gasteiger partial charge in [-0.15, -0.1) is 0 Å². The molecule has 7 heavy (non-hydrogen) atoms. The smallest absolute Gasteiger partial charge is 0 e. The van der Waals surface area contributed by atoms with Crippen LogP contribution in [0.5, 0.6) is 0 Å². The molecule has 0 aliphatic heterocycles. The summed E-state index contributed by atoms with van der Waals surface area (Å²) in [4.78, 5) is 0. The molecule has 0 aromatic heterocycles. The molecule has 2 radical (unpaired) electrons. The molecule has 0 spiro atoms. The van der Waals surface area contributed by atoms with Crippen LogP contribution in [-0.4, -0.2) is 17.1 Å². The summed E-state index contributed by atoms with van der Waals surface area (Å²) < 4.78 is 0. The second-order valence-corrected chi connectivity index (χ2v) is 0. The summed E-state index contributed by atoms with van der Waals surface area (Å²) >= 11 is 0. The van der Waals surface area contributed by atoms with Crippen LogP contribution in [0.4, 0.5) is 28.2 Å². The van der Waals surface area contributed by atoms with Gasteiger partial charge in [-0.2, -0.15) is 0 Å². The van der Waals surface area contributed by atoms with Gasteiger partial charge in [0.25, 0.3) is 0 Å². The van der Waals surface area contributed by atoms with E-state index in [-0.39, 0.29) is 45.3 Å². The zero-order valence-electron chi connectivity index (χ0n) is 2.86. The molecule has 0 nitrogen and oxygen atoms in total. The number of halogens is 6. The zero-order valence-corrected chi connectivity index (χ0v) is 4.57. The van der Waals surface area contributed by atoms with Gasteiger partial charge >= 0.3 is 0 Å². The van der Waals surface area contributed by atoms with Gasteiger partial charge in [0.2, 0.25) is 0 Å². The monoisotopic (exact) mass is 200 g/mol. The molecule has 0 N–H and O–H groups in total. The van der Waals surface area contributed by atoms with Gasteiger partial charge in [0.1, 0.15) is 0 Å². The van der Waals surface area contributed by atoms with E-state index in [4.69, 9.17) is 0 Å². The average Bonchev–Trinajstić information content (AvgIpc) is 0. The molecule has 0 aromatic rings. The summed E-state index contributed by atoms with van der Waals surface area (Å²) in [5, 5.41) is 0. The standard InChI is InChI=1S/6FH.Se/h6*1H;. The summed E-state index contributed by atoms with van der Waals surface area (Å²) in [6.45, 7) is 0. The van der Waals surface area contributed by atoms with Crippen molar-refractivity contribution in [2.75, 3.05) is 0 Å². The second kappa shape index (κ2) is 16000. The van der Waals surface area contributed by atoms with E-state index < -0.39 is 0 Å². The van der Waals surface area contributed by atoms with E-state index in [0.29, 0.717) is 0 Å². The number of rotatable bonds is 0. The molecule has 7 heteroatoms. The Labute approximate surface area is 46.3 Å². The van der Waals surface area contributed by atoms with Crippen LogP contribution in [0.2, 0.25) is 0 Å². The van der Waals surface area contributed by atoms with Gasteiger partial charge in [0.05, 0.1) is 0 Å². The maximum atomic E-state index is 0. The molecule has 54 valence electrons. The molecule has 0 unspecified atom stereocenters. The minimum absolute atomic E-state index is 0. The Morgan fingerprint density at radius 2 is 0.286 bits per heavy atom. The van der Waals surface area contributed by atoms with Crippen molar-refractivity contribution in [2.24, 2.45) is 0 Å². The van der Waals surface area contributed by atoms with Gasteiger partial charge in [-0.1, -0.05) is 0 Å². The topological polar surface area (TPSA) is 0 Å². The van der Waals surface area contributed by atoms with Crippen LogP contribution in [0, 0.1) is 0 Å². The molecule has 0 aromatic carbocycles. The van der Waals surface area contributed by atoms with Crippen LogP contribution < -0.4 is 0 Å². The molecule has 0 aliphatic carbocycles. The minimum atomic E-state index is 0. The molecular weight excluding hydrogens is 193 g/mol. The third kappa shape index (κ3) is 10400. The van der Waals surface area contributed by atoms with Crippen LogP contribution in [-0.2, 0) is 0 Å². The van der Waals surface area contributed by atoms with Crippen molar-refractivity contribution in [2.45, 2.75) is 0 Å². The summed E-state index contributed by atoms with van der Waals surface area (Å²) in [5.74, 6) is 0. The summed E-state index contributed by atoms with van der Waals surface area (Å²) in [7, 11) is 0. The normalized spacial score (nSPS) is 0. The predicted octanol–water partition coefficient (Wildman–Crippen LogP) is 0.534. The second-order valence-electron chi connectivity index (χ2n) is 0. The van der Waals surface area contributed by atoms with E-state index in [9.17, 15) is 0 Å². The van der Waals surface area contributed by atoms with E-state index in [1.165, 1.54) is 0 Å². The first-order valence-electron chi connectivity index (χ1n) is 0. The molecule has 0 bridgehead atoms. The molecule has 0 saturated heterocycles. The third-order valence-corrected chi connectivity index (χ3v) is 0. The van der Waals surface area contributed by atoms with Crippen LogP contribution in [0.15, 0.2) is 0 Å². The Morgan fingerprint density at radius 3 is 0.286 bits per heavy atom. The van der Waals surface area contributed by atoms with Crippen molar-refractivity contribution in [3.05, 3.63) is 0 Å². The van der Waals surface area contributed by atoms with Gasteiger partial charge in [0.15, 0.2) is 0 Å². The summed E-state index contributed by atoms with van der Waals surface area (Å²) in [6, 6.07) is 0. The molecule has 0 saturated carbocycles. The van der Waals surface area contributed by atoms with Gasteiger partial charge in [0, 0.05) is 17.1 Å². The van der Waals surface area contributed by atoms with Gasteiger partial charge in [-0.05, 0) is 0 Å². The van der Waals surface area contributed by atoms with Crippen molar-refractivity contribution in [1.82, 2.24) is 0 Å². The Kier molecular flexibility index (Phi) is 61100000. The maximum Gasteiger partial charge on any atom is 0 e. The fourth-order valence-corrected chi connectivity index (χ4v) is 0. The Balaban J connectivity index is 0. The fraction of sp³-hybridized carbons (Fsp3) is 0. The predicted molar refractivity (Wildman–Crippen MR) is 20.8 cm³/mol. The van der Waals surface area contributed by atoms with Gasteiger partial charge in [-0.3, -0.25) is 28.2 Å². The Morgan fingerprint density at radius 1 is 0.286 bits per heavy atom. The van der Waals surface area contributed by atoms with E-state index in [1.807, 2.05) is 0 Å². The molecule has 0 fully saturated rings. The first kappa shape index (κ1) is 26700. The fourth-order valence-electron chi connectivity index (χ4n) is 0. The maximum absolute atomic E-state index is 0. The number of hydrogen-bond acceptors (Lipinski definition) is 0. The van der Waals surface area contributed by atoms with Crippen LogP contribution in [0.25, 0.3) is 0 Å². The molecule has 0 aliphatic rings. The van der Waals surface area contributed by atoms with Crippen molar-refractivity contribution >= 4 is 17.1 Å². The first-order chi connectivity index (χ1) is 0. The van der Waals surface area contributed by atoms with Gasteiger partial charge in [-0.25, -0.2) is 0 Å². The largest absolute Gasteiger partial charge is 0.269 e.